The van der Waals surface area contributed by atoms with E-state index in [-0.39, 0.29) is 58.1 Å². The highest BCUT2D eigenvalue weighted by Gasteiger charge is 2.69. The maximum atomic E-state index is 14.1. The molecule has 2 aliphatic heterocycles. The van der Waals surface area contributed by atoms with Crippen LogP contribution < -0.4 is 19.8 Å². The third kappa shape index (κ3) is 4.71. The molecular formula is C38H30ClN3O5S2. The standard InChI is InChI=1S/C38H30ClN3O5S2/c1-47-23-15-9-20(10-16-23)29-30-25-17-26(32-31(25)35(44)42(36(32)45)22-13-11-21(39)12-14-22)33(30)48-37-34(29)49-38(46)41(37)18-28(43)40-27-8-4-6-19-5-2-3-7-24(19)27/h2-16,25-26,29-33H,17-18H2,1H3,(H,40,43). The van der Waals surface area contributed by atoms with Gasteiger partial charge in [-0.1, -0.05) is 71.5 Å². The van der Waals surface area contributed by atoms with Crippen molar-refractivity contribution in [2.75, 3.05) is 17.3 Å². The van der Waals surface area contributed by atoms with E-state index in [1.165, 1.54) is 16.2 Å². The number of nitrogens with zero attached hydrogens (tertiary/aromatic N) is 2. The molecule has 11 heteroatoms. The van der Waals surface area contributed by atoms with Gasteiger partial charge in [-0.25, -0.2) is 0 Å². The Morgan fingerprint density at radius 1 is 0.898 bits per heavy atom. The summed E-state index contributed by atoms with van der Waals surface area (Å²) in [4.78, 5) is 57.5. The van der Waals surface area contributed by atoms with E-state index in [4.69, 9.17) is 16.3 Å². The van der Waals surface area contributed by atoms with Crippen molar-refractivity contribution < 1.29 is 19.1 Å². The molecule has 2 bridgehead atoms. The summed E-state index contributed by atoms with van der Waals surface area (Å²) >= 11 is 8.92. The Morgan fingerprint density at radius 2 is 1.61 bits per heavy atom. The molecule has 8 nitrogen and oxygen atoms in total. The minimum absolute atomic E-state index is 0.00542. The van der Waals surface area contributed by atoms with E-state index in [0.717, 1.165) is 38.4 Å². The van der Waals surface area contributed by atoms with E-state index in [1.54, 1.807) is 47.7 Å². The molecule has 49 heavy (non-hydrogen) atoms. The number of rotatable bonds is 6. The van der Waals surface area contributed by atoms with Gasteiger partial charge < -0.3 is 10.1 Å². The molecule has 2 aliphatic carbocycles. The van der Waals surface area contributed by atoms with Gasteiger partial charge in [-0.15, -0.1) is 11.8 Å². The van der Waals surface area contributed by atoms with Crippen LogP contribution in [0, 0.1) is 29.6 Å². The topological polar surface area (TPSA) is 97.7 Å². The van der Waals surface area contributed by atoms with E-state index >= 15 is 0 Å². The fourth-order valence-electron chi connectivity index (χ4n) is 8.95. The number of thiazole rings is 1. The summed E-state index contributed by atoms with van der Waals surface area (Å²) in [5.74, 6) is -0.906. The van der Waals surface area contributed by atoms with Crippen molar-refractivity contribution in [1.82, 2.24) is 4.57 Å². The van der Waals surface area contributed by atoms with Crippen molar-refractivity contribution in [3.8, 4) is 5.75 Å². The molecule has 7 atom stereocenters. The summed E-state index contributed by atoms with van der Waals surface area (Å²) in [6.45, 7) is -0.129. The number of methoxy groups -OCH3 is 1. The van der Waals surface area contributed by atoms with Gasteiger partial charge in [0.25, 0.3) is 0 Å². The van der Waals surface area contributed by atoms with Gasteiger partial charge in [0.1, 0.15) is 12.3 Å². The predicted molar refractivity (Wildman–Crippen MR) is 192 cm³/mol. The number of ether oxygens (including phenoxy) is 1. The third-order valence-corrected chi connectivity index (χ3v) is 13.9. The Hall–Kier alpha value is -4.38. The van der Waals surface area contributed by atoms with Gasteiger partial charge in [0.05, 0.1) is 29.7 Å². The van der Waals surface area contributed by atoms with Gasteiger partial charge in [0.2, 0.25) is 17.7 Å². The zero-order chi connectivity index (χ0) is 33.6. The first-order chi connectivity index (χ1) is 23.8. The molecule has 1 N–H and O–H groups in total. The zero-order valence-corrected chi connectivity index (χ0v) is 28.6. The highest BCUT2D eigenvalue weighted by Crippen LogP contribution is 2.69. The van der Waals surface area contributed by atoms with Crippen LogP contribution in [-0.4, -0.2) is 34.6 Å². The lowest BCUT2D eigenvalue weighted by Gasteiger charge is -2.43. The van der Waals surface area contributed by atoms with Crippen molar-refractivity contribution in [3.63, 3.8) is 0 Å². The van der Waals surface area contributed by atoms with Crippen LogP contribution in [0.15, 0.2) is 101 Å². The van der Waals surface area contributed by atoms with Crippen LogP contribution in [0.4, 0.5) is 11.4 Å². The number of halogens is 1. The molecule has 246 valence electrons. The zero-order valence-electron chi connectivity index (χ0n) is 26.2. The van der Waals surface area contributed by atoms with Crippen molar-refractivity contribution in [3.05, 3.63) is 116 Å². The third-order valence-electron chi connectivity index (χ3n) is 10.9. The lowest BCUT2D eigenvalue weighted by Crippen LogP contribution is -2.43. The average molecular weight is 708 g/mol. The number of amides is 3. The maximum absolute atomic E-state index is 14.1. The second-order valence-electron chi connectivity index (χ2n) is 13.2. The molecule has 3 heterocycles. The molecule has 4 aromatic carbocycles. The van der Waals surface area contributed by atoms with E-state index in [1.807, 2.05) is 66.7 Å². The molecule has 3 fully saturated rings. The SMILES string of the molecule is COc1ccc(C2c3sc(=O)n(CC(=O)Nc4cccc5ccccc45)c3SC3C4CC(C5C(=O)N(c6ccc(Cl)cc6)C(=O)C45)C23)cc1. The fourth-order valence-corrected chi connectivity index (χ4v) is 12.2. The molecule has 3 amide bonds. The monoisotopic (exact) mass is 707 g/mol. The minimum Gasteiger partial charge on any atom is -0.497 e. The number of nitrogens with one attached hydrogen (secondary N) is 1. The molecule has 1 aromatic heterocycles. The summed E-state index contributed by atoms with van der Waals surface area (Å²) < 4.78 is 7.05. The molecule has 5 aromatic rings. The predicted octanol–water partition coefficient (Wildman–Crippen LogP) is 7.04. The number of imide groups is 1. The Labute approximate surface area is 295 Å². The second-order valence-corrected chi connectivity index (χ2v) is 15.8. The van der Waals surface area contributed by atoms with Gasteiger partial charge in [-0.3, -0.25) is 28.6 Å². The number of carbonyl (C=O) groups is 3. The molecular weight excluding hydrogens is 678 g/mol. The molecule has 9 rings (SSSR count). The van der Waals surface area contributed by atoms with Crippen molar-refractivity contribution in [2.45, 2.75) is 29.2 Å². The number of hydrogen-bond acceptors (Lipinski definition) is 7. The highest BCUT2D eigenvalue weighted by atomic mass is 35.5. The maximum Gasteiger partial charge on any atom is 0.308 e. The van der Waals surface area contributed by atoms with E-state index in [9.17, 15) is 19.2 Å². The smallest absolute Gasteiger partial charge is 0.308 e. The largest absolute Gasteiger partial charge is 0.497 e. The Kier molecular flexibility index (Phi) is 7.26. The van der Waals surface area contributed by atoms with Crippen LogP contribution in [-0.2, 0) is 20.9 Å². The number of thioether (sulfide) groups is 1. The van der Waals surface area contributed by atoms with Gasteiger partial charge in [0.15, 0.2) is 0 Å². The first kappa shape index (κ1) is 30.7. The first-order valence-electron chi connectivity index (χ1n) is 16.3. The Morgan fingerprint density at radius 3 is 2.37 bits per heavy atom. The number of benzene rings is 4. The van der Waals surface area contributed by atoms with Crippen LogP contribution >= 0.6 is 34.7 Å². The average Bonchev–Trinajstić information content (AvgIpc) is 3.84. The lowest BCUT2D eigenvalue weighted by atomic mass is 9.68. The van der Waals surface area contributed by atoms with Gasteiger partial charge in [-0.05, 0) is 77.6 Å². The summed E-state index contributed by atoms with van der Waals surface area (Å²) in [5, 5.41) is 6.29. The van der Waals surface area contributed by atoms with Gasteiger partial charge in [-0.2, -0.15) is 0 Å². The summed E-state index contributed by atoms with van der Waals surface area (Å²) in [7, 11) is 1.63. The fraction of sp³-hybridized carbons (Fsp3) is 0.263. The van der Waals surface area contributed by atoms with Gasteiger partial charge >= 0.3 is 4.87 Å². The number of anilines is 2. The number of carbonyl (C=O) groups excluding carboxylic acids is 3. The van der Waals surface area contributed by atoms with Crippen LogP contribution in [0.2, 0.25) is 5.02 Å². The van der Waals surface area contributed by atoms with E-state index in [2.05, 4.69) is 5.32 Å². The van der Waals surface area contributed by atoms with Gasteiger partial charge in [0, 0.05) is 32.1 Å². The first-order valence-corrected chi connectivity index (χ1v) is 18.3. The molecule has 1 saturated heterocycles. The molecule has 0 spiro atoms. The number of aromatic nitrogens is 1. The van der Waals surface area contributed by atoms with Crippen LogP contribution in [0.3, 0.4) is 0 Å². The summed E-state index contributed by atoms with van der Waals surface area (Å²) in [6, 6.07) is 28.4. The minimum atomic E-state index is -0.423. The molecule has 0 radical (unpaired) electrons. The van der Waals surface area contributed by atoms with Crippen LogP contribution in [0.1, 0.15) is 22.8 Å². The highest BCUT2D eigenvalue weighted by molar-refractivity contribution is 8.00. The molecule has 7 unspecified atom stereocenters. The second kappa shape index (κ2) is 11.6. The van der Waals surface area contributed by atoms with Crippen molar-refractivity contribution >= 4 is 74.6 Å². The van der Waals surface area contributed by atoms with Crippen molar-refractivity contribution in [1.29, 1.82) is 0 Å². The number of fused-ring (bicyclic) bond motifs is 10. The summed E-state index contributed by atoms with van der Waals surface area (Å²) in [6.07, 6.45) is 0.775. The Balaban J connectivity index is 1.09. The Bertz CT molecular complexity index is 2230. The normalized spacial score (nSPS) is 26.5. The quantitative estimate of drug-likeness (QED) is 0.190. The van der Waals surface area contributed by atoms with Crippen molar-refractivity contribution in [2.24, 2.45) is 29.6 Å². The number of hydrogen-bond donors (Lipinski definition) is 1. The van der Waals surface area contributed by atoms with Crippen LogP contribution in [0.5, 0.6) is 5.75 Å². The lowest BCUT2D eigenvalue weighted by molar-refractivity contribution is -0.123. The van der Waals surface area contributed by atoms with E-state index in [0.29, 0.717) is 16.4 Å². The summed E-state index contributed by atoms with van der Waals surface area (Å²) in [5.41, 5.74) is 2.26. The van der Waals surface area contributed by atoms with E-state index < -0.39 is 11.8 Å². The van der Waals surface area contributed by atoms with Crippen LogP contribution in [0.25, 0.3) is 10.8 Å². The molecule has 2 saturated carbocycles. The molecule has 4 aliphatic rings.